The van der Waals surface area contributed by atoms with Crippen molar-refractivity contribution in [1.29, 1.82) is 0 Å². The van der Waals surface area contributed by atoms with Crippen molar-refractivity contribution < 1.29 is 24.2 Å². The lowest BCUT2D eigenvalue weighted by Gasteiger charge is -2.08. The van der Waals surface area contributed by atoms with Gasteiger partial charge in [0.2, 0.25) is 0 Å². The van der Waals surface area contributed by atoms with E-state index < -0.39 is 11.9 Å². The minimum atomic E-state index is -0.639. The molecule has 182 valence electrons. The van der Waals surface area contributed by atoms with E-state index in [1.54, 1.807) is 103 Å². The lowest BCUT2D eigenvalue weighted by molar-refractivity contribution is 0.0397. The predicted molar refractivity (Wildman–Crippen MR) is 140 cm³/mol. The van der Waals surface area contributed by atoms with Crippen molar-refractivity contribution in [3.63, 3.8) is 0 Å². The minimum absolute atomic E-state index is 0.184. The summed E-state index contributed by atoms with van der Waals surface area (Å²) in [7, 11) is 0. The average Bonchev–Trinajstić information content (AvgIpc) is 2.94. The van der Waals surface area contributed by atoms with Gasteiger partial charge in [0.1, 0.15) is 11.6 Å². The van der Waals surface area contributed by atoms with Gasteiger partial charge in [-0.3, -0.25) is 4.79 Å². The Kier molecular flexibility index (Phi) is 7.98. The smallest absolute Gasteiger partial charge is 0.346 e. The van der Waals surface area contributed by atoms with Gasteiger partial charge in [-0.15, -0.1) is 0 Å². The van der Waals surface area contributed by atoms with Gasteiger partial charge in [-0.25, -0.2) is 14.6 Å². The third kappa shape index (κ3) is 6.64. The van der Waals surface area contributed by atoms with E-state index >= 15 is 0 Å². The molecule has 5 aromatic rings. The number of carbonyl (C=O) groups is 3. The summed E-state index contributed by atoms with van der Waals surface area (Å²) in [4.78, 5) is 39.5. The molecule has 1 amide bonds. The molecule has 0 radical (unpaired) electrons. The summed E-state index contributed by atoms with van der Waals surface area (Å²) in [5.74, 6) is -0.821. The van der Waals surface area contributed by atoms with E-state index in [0.717, 1.165) is 10.8 Å². The quantitative estimate of drug-likeness (QED) is 0.241. The van der Waals surface area contributed by atoms with Crippen LogP contribution in [0.15, 0.2) is 121 Å². The molecule has 0 spiro atoms. The molecular weight excluding hydrogens is 468 g/mol. The predicted octanol–water partition coefficient (Wildman–Crippen LogP) is 5.88. The molecule has 37 heavy (non-hydrogen) atoms. The number of aromatic hydroxyl groups is 1. The monoisotopic (exact) mass is 490 g/mol. The zero-order valence-corrected chi connectivity index (χ0v) is 19.6. The molecule has 0 aliphatic rings. The molecule has 0 unspecified atom stereocenters. The zero-order valence-electron chi connectivity index (χ0n) is 19.6. The number of ether oxygens (including phenoxy) is 1. The molecule has 2 N–H and O–H groups in total. The number of hydrogen-bond donors (Lipinski definition) is 2. The van der Waals surface area contributed by atoms with Gasteiger partial charge in [0.05, 0.1) is 11.1 Å². The highest BCUT2D eigenvalue weighted by atomic mass is 16.6. The Morgan fingerprint density at radius 1 is 0.649 bits per heavy atom. The van der Waals surface area contributed by atoms with Crippen LogP contribution in [0.5, 0.6) is 5.75 Å². The van der Waals surface area contributed by atoms with Gasteiger partial charge < -0.3 is 15.2 Å². The SMILES string of the molecule is O=C(Nc1nccc2cc(O)ccc12)c1ccccc1.O=C(OC(=O)c1ccccc1)c1ccccc1. The number of anilines is 1. The fraction of sp³-hybridized carbons (Fsp3) is 0. The maximum Gasteiger partial charge on any atom is 0.346 e. The molecule has 0 bridgehead atoms. The van der Waals surface area contributed by atoms with Gasteiger partial charge in [-0.05, 0) is 66.0 Å². The number of nitrogens with one attached hydrogen (secondary N) is 1. The van der Waals surface area contributed by atoms with E-state index in [2.05, 4.69) is 10.3 Å². The summed E-state index contributed by atoms with van der Waals surface area (Å²) < 4.78 is 4.74. The van der Waals surface area contributed by atoms with Crippen LogP contribution in [0.3, 0.4) is 0 Å². The Bertz CT molecular complexity index is 1470. The summed E-state index contributed by atoms with van der Waals surface area (Å²) in [5.41, 5.74) is 1.29. The maximum absolute atomic E-state index is 12.1. The van der Waals surface area contributed by atoms with Crippen molar-refractivity contribution in [3.05, 3.63) is 138 Å². The van der Waals surface area contributed by atoms with E-state index in [1.165, 1.54) is 0 Å². The second kappa shape index (κ2) is 11.9. The van der Waals surface area contributed by atoms with E-state index in [4.69, 9.17) is 4.74 Å². The highest BCUT2D eigenvalue weighted by Gasteiger charge is 2.14. The van der Waals surface area contributed by atoms with Crippen molar-refractivity contribution >= 4 is 34.4 Å². The van der Waals surface area contributed by atoms with Crippen molar-refractivity contribution in [2.24, 2.45) is 0 Å². The van der Waals surface area contributed by atoms with E-state index in [1.807, 2.05) is 18.2 Å². The average molecular weight is 491 g/mol. The summed E-state index contributed by atoms with van der Waals surface area (Å²) >= 11 is 0. The first-order valence-corrected chi connectivity index (χ1v) is 11.3. The van der Waals surface area contributed by atoms with Crippen LogP contribution in [0, 0.1) is 0 Å². The first kappa shape index (κ1) is 24.8. The van der Waals surface area contributed by atoms with E-state index in [9.17, 15) is 19.5 Å². The molecule has 0 atom stereocenters. The van der Waals surface area contributed by atoms with Gasteiger partial charge in [-0.1, -0.05) is 54.6 Å². The molecule has 0 saturated carbocycles. The fourth-order valence-electron chi connectivity index (χ4n) is 3.38. The number of nitrogens with zero attached hydrogens (tertiary/aromatic N) is 1. The number of amides is 1. The largest absolute Gasteiger partial charge is 0.508 e. The number of esters is 2. The molecular formula is C30H22N2O5. The number of aromatic nitrogens is 1. The van der Waals surface area contributed by atoms with Crippen LogP contribution in [-0.4, -0.2) is 27.9 Å². The first-order chi connectivity index (χ1) is 18.0. The highest BCUT2D eigenvalue weighted by Crippen LogP contribution is 2.25. The molecule has 0 aliphatic carbocycles. The second-order valence-corrected chi connectivity index (χ2v) is 7.79. The number of rotatable bonds is 4. The number of fused-ring (bicyclic) bond motifs is 1. The second-order valence-electron chi connectivity index (χ2n) is 7.79. The van der Waals surface area contributed by atoms with Gasteiger partial charge in [0.25, 0.3) is 5.91 Å². The molecule has 1 heterocycles. The zero-order chi connectivity index (χ0) is 26.0. The third-order valence-electron chi connectivity index (χ3n) is 5.22. The van der Waals surface area contributed by atoms with Gasteiger partial charge >= 0.3 is 11.9 Å². The van der Waals surface area contributed by atoms with Gasteiger partial charge in [0.15, 0.2) is 0 Å². The Balaban J connectivity index is 0.000000176. The van der Waals surface area contributed by atoms with Gasteiger partial charge in [-0.2, -0.15) is 0 Å². The molecule has 5 rings (SSSR count). The van der Waals surface area contributed by atoms with Crippen LogP contribution in [-0.2, 0) is 4.74 Å². The van der Waals surface area contributed by atoms with Crippen LogP contribution in [0.25, 0.3) is 10.8 Å². The minimum Gasteiger partial charge on any atom is -0.508 e. The summed E-state index contributed by atoms with van der Waals surface area (Å²) in [6.45, 7) is 0. The normalized spacial score (nSPS) is 10.1. The van der Waals surface area contributed by atoms with Crippen LogP contribution in [0.2, 0.25) is 0 Å². The highest BCUT2D eigenvalue weighted by molar-refractivity contribution is 6.08. The molecule has 7 nitrogen and oxygen atoms in total. The lowest BCUT2D eigenvalue weighted by atomic mass is 10.1. The Morgan fingerprint density at radius 2 is 1.16 bits per heavy atom. The lowest BCUT2D eigenvalue weighted by Crippen LogP contribution is -2.12. The van der Waals surface area contributed by atoms with Crippen LogP contribution in [0.4, 0.5) is 5.82 Å². The molecule has 0 saturated heterocycles. The van der Waals surface area contributed by atoms with Crippen LogP contribution >= 0.6 is 0 Å². The standard InChI is InChI=1S/C16H12N2O2.C14H10O3/c19-13-6-7-14-12(10-13)8-9-17-15(14)18-16(20)11-4-2-1-3-5-11;15-13(11-7-3-1-4-8-11)17-14(16)12-9-5-2-6-10-12/h1-10,19H,(H,17,18,20);1-10H. The van der Waals surface area contributed by atoms with Crippen molar-refractivity contribution in [2.75, 3.05) is 5.32 Å². The number of benzene rings is 4. The topological polar surface area (TPSA) is 106 Å². The third-order valence-corrected chi connectivity index (χ3v) is 5.22. The molecule has 1 aromatic heterocycles. The number of carbonyl (C=O) groups excluding carboxylic acids is 3. The Labute approximate surface area is 213 Å². The molecule has 0 fully saturated rings. The first-order valence-electron chi connectivity index (χ1n) is 11.3. The Morgan fingerprint density at radius 3 is 1.70 bits per heavy atom. The summed E-state index contributed by atoms with van der Waals surface area (Å²) in [5, 5.41) is 13.9. The van der Waals surface area contributed by atoms with Crippen molar-refractivity contribution in [3.8, 4) is 5.75 Å². The number of phenols is 1. The van der Waals surface area contributed by atoms with E-state index in [0.29, 0.717) is 22.5 Å². The summed E-state index contributed by atoms with van der Waals surface area (Å²) in [6, 6.07) is 32.5. The maximum atomic E-state index is 12.1. The number of pyridine rings is 1. The van der Waals surface area contributed by atoms with Crippen molar-refractivity contribution in [2.45, 2.75) is 0 Å². The van der Waals surface area contributed by atoms with Crippen LogP contribution in [0.1, 0.15) is 31.1 Å². The fourth-order valence-corrected chi connectivity index (χ4v) is 3.38. The molecule has 4 aromatic carbocycles. The van der Waals surface area contributed by atoms with Crippen LogP contribution < -0.4 is 5.32 Å². The number of phenolic OH excluding ortho intramolecular Hbond substituents is 1. The van der Waals surface area contributed by atoms with E-state index in [-0.39, 0.29) is 11.7 Å². The molecule has 7 heteroatoms. The van der Waals surface area contributed by atoms with Crippen molar-refractivity contribution in [1.82, 2.24) is 4.98 Å². The van der Waals surface area contributed by atoms with Gasteiger partial charge in [0, 0.05) is 17.1 Å². The number of hydrogen-bond acceptors (Lipinski definition) is 6. The Hall–Kier alpha value is -5.30. The summed E-state index contributed by atoms with van der Waals surface area (Å²) in [6.07, 6.45) is 1.60. The molecule has 0 aliphatic heterocycles.